The third kappa shape index (κ3) is 1.91. The van der Waals surface area contributed by atoms with E-state index in [-0.39, 0.29) is 22.7 Å². The summed E-state index contributed by atoms with van der Waals surface area (Å²) in [5.41, 5.74) is 0.747. The molecule has 0 bridgehead atoms. The lowest BCUT2D eigenvalue weighted by Crippen LogP contribution is -2.16. The van der Waals surface area contributed by atoms with Gasteiger partial charge in [-0.1, -0.05) is 0 Å². The Kier molecular flexibility index (Phi) is 2.89. The van der Waals surface area contributed by atoms with Crippen LogP contribution in [0.4, 0.5) is 4.39 Å². The fourth-order valence-electron chi connectivity index (χ4n) is 2.23. The zero-order valence-corrected chi connectivity index (χ0v) is 10.8. The van der Waals surface area contributed by atoms with Crippen LogP contribution >= 0.6 is 0 Å². The van der Waals surface area contributed by atoms with E-state index >= 15 is 0 Å². The molecule has 0 radical (unpaired) electrons. The lowest BCUT2D eigenvalue weighted by molar-refractivity contribution is 0.0690. The minimum absolute atomic E-state index is 0.0584. The highest BCUT2D eigenvalue weighted by Crippen LogP contribution is 2.33. The number of carboxylic acids is 1. The van der Waals surface area contributed by atoms with Crippen molar-refractivity contribution in [2.45, 2.75) is 19.9 Å². The molecule has 0 aliphatic carbocycles. The Bertz CT molecular complexity index is 696. The van der Waals surface area contributed by atoms with E-state index in [0.29, 0.717) is 13.2 Å². The molecule has 1 aliphatic heterocycles. The molecule has 0 amide bonds. The van der Waals surface area contributed by atoms with E-state index in [1.807, 2.05) is 0 Å². The number of ether oxygens (including phenoxy) is 1. The van der Waals surface area contributed by atoms with Crippen LogP contribution in [0, 0.1) is 12.9 Å². The molecule has 0 fully saturated rings. The van der Waals surface area contributed by atoms with Crippen LogP contribution in [-0.2, 0) is 6.54 Å². The van der Waals surface area contributed by atoms with Crippen molar-refractivity contribution >= 4 is 5.97 Å². The summed E-state index contributed by atoms with van der Waals surface area (Å²) in [5, 5.41) is 13.5. The molecule has 3 heterocycles. The summed E-state index contributed by atoms with van der Waals surface area (Å²) in [7, 11) is 0. The fourth-order valence-corrected chi connectivity index (χ4v) is 2.23. The summed E-state index contributed by atoms with van der Waals surface area (Å²) < 4.78 is 20.7. The number of carboxylic acid groups (broad SMARTS) is 1. The molecule has 0 atom stereocenters. The van der Waals surface area contributed by atoms with Gasteiger partial charge in [-0.25, -0.2) is 14.5 Å². The van der Waals surface area contributed by atoms with Gasteiger partial charge in [0, 0.05) is 19.2 Å². The third-order valence-corrected chi connectivity index (χ3v) is 3.10. The van der Waals surface area contributed by atoms with Crippen molar-refractivity contribution in [1.29, 1.82) is 0 Å². The molecule has 2 aromatic heterocycles. The summed E-state index contributed by atoms with van der Waals surface area (Å²) in [6.07, 6.45) is 2.12. The van der Waals surface area contributed by atoms with Gasteiger partial charge < -0.3 is 9.84 Å². The maximum atomic E-state index is 13.9. The highest BCUT2D eigenvalue weighted by atomic mass is 19.1. The largest absolute Gasteiger partial charge is 0.477 e. The minimum Gasteiger partial charge on any atom is -0.477 e. The van der Waals surface area contributed by atoms with Crippen LogP contribution in [0.2, 0.25) is 0 Å². The number of hydrogen-bond acceptors (Lipinski definition) is 4. The third-order valence-electron chi connectivity index (χ3n) is 3.10. The number of hydrogen-bond donors (Lipinski definition) is 1. The number of aryl methyl sites for hydroxylation is 2. The van der Waals surface area contributed by atoms with Crippen molar-refractivity contribution < 1.29 is 19.0 Å². The first-order valence-electron chi connectivity index (χ1n) is 6.17. The predicted molar refractivity (Wildman–Crippen MR) is 67.2 cm³/mol. The Hall–Kier alpha value is -2.44. The first-order valence-corrected chi connectivity index (χ1v) is 6.17. The van der Waals surface area contributed by atoms with E-state index in [1.54, 1.807) is 6.92 Å². The number of aromatic nitrogens is 3. The maximum absolute atomic E-state index is 13.9. The van der Waals surface area contributed by atoms with E-state index in [2.05, 4.69) is 10.1 Å². The fraction of sp³-hybridized carbons (Fsp3) is 0.308. The number of rotatable bonds is 2. The number of pyridine rings is 1. The second-order valence-electron chi connectivity index (χ2n) is 4.61. The second-order valence-corrected chi connectivity index (χ2v) is 4.61. The Morgan fingerprint density at radius 1 is 1.55 bits per heavy atom. The molecule has 104 valence electrons. The molecular weight excluding hydrogens is 265 g/mol. The van der Waals surface area contributed by atoms with Crippen LogP contribution in [0.25, 0.3) is 11.3 Å². The molecule has 0 saturated carbocycles. The molecular formula is C13H12FN3O3. The quantitative estimate of drug-likeness (QED) is 0.848. The highest BCUT2D eigenvalue weighted by molar-refractivity contribution is 5.97. The summed E-state index contributed by atoms with van der Waals surface area (Å²) in [4.78, 5) is 15.1. The summed E-state index contributed by atoms with van der Waals surface area (Å²) in [6.45, 7) is 2.74. The van der Waals surface area contributed by atoms with Gasteiger partial charge >= 0.3 is 5.97 Å². The summed E-state index contributed by atoms with van der Waals surface area (Å²) in [5.74, 6) is -1.75. The monoisotopic (exact) mass is 277 g/mol. The SMILES string of the molecule is Cc1cnc(F)c(-c2nn3c(c2C(=O)O)OCCC3)c1. The smallest absolute Gasteiger partial charge is 0.343 e. The van der Waals surface area contributed by atoms with E-state index < -0.39 is 11.9 Å². The molecule has 2 aromatic rings. The Labute approximate surface area is 113 Å². The van der Waals surface area contributed by atoms with E-state index in [1.165, 1.54) is 16.9 Å². The predicted octanol–water partition coefficient (Wildman–Crippen LogP) is 1.87. The highest BCUT2D eigenvalue weighted by Gasteiger charge is 2.29. The van der Waals surface area contributed by atoms with Crippen LogP contribution in [0.5, 0.6) is 5.88 Å². The zero-order valence-electron chi connectivity index (χ0n) is 10.8. The Balaban J connectivity index is 2.25. The molecule has 7 heteroatoms. The Morgan fingerprint density at radius 3 is 3.10 bits per heavy atom. The normalized spacial score (nSPS) is 13.7. The first-order chi connectivity index (χ1) is 9.58. The molecule has 1 aliphatic rings. The van der Waals surface area contributed by atoms with E-state index in [0.717, 1.165) is 12.0 Å². The number of halogens is 1. The van der Waals surface area contributed by atoms with Gasteiger partial charge in [0.25, 0.3) is 0 Å². The van der Waals surface area contributed by atoms with Crippen LogP contribution in [0.1, 0.15) is 22.3 Å². The van der Waals surface area contributed by atoms with Crippen LogP contribution in [-0.4, -0.2) is 32.4 Å². The molecule has 0 unspecified atom stereocenters. The van der Waals surface area contributed by atoms with E-state index in [4.69, 9.17) is 4.74 Å². The maximum Gasteiger partial charge on any atom is 0.343 e. The van der Waals surface area contributed by atoms with Gasteiger partial charge in [-0.05, 0) is 18.6 Å². The number of aromatic carboxylic acids is 1. The van der Waals surface area contributed by atoms with Crippen LogP contribution < -0.4 is 4.74 Å². The molecule has 1 N–H and O–H groups in total. The summed E-state index contributed by atoms with van der Waals surface area (Å²) in [6, 6.07) is 1.53. The van der Waals surface area contributed by atoms with Crippen molar-refractivity contribution in [1.82, 2.24) is 14.8 Å². The average Bonchev–Trinajstić information content (AvgIpc) is 2.80. The molecule has 6 nitrogen and oxygen atoms in total. The van der Waals surface area contributed by atoms with Gasteiger partial charge in [-0.2, -0.15) is 9.49 Å². The lowest BCUT2D eigenvalue weighted by atomic mass is 10.1. The van der Waals surface area contributed by atoms with Gasteiger partial charge in [0.05, 0.1) is 12.2 Å². The molecule has 3 rings (SSSR count). The standard InChI is InChI=1S/C13H12FN3O3/c1-7-5-8(11(14)15-6-7)10-9(13(18)19)12-17(16-10)3-2-4-20-12/h5-6H,2-4H2,1H3,(H,18,19). The average molecular weight is 277 g/mol. The van der Waals surface area contributed by atoms with Crippen molar-refractivity contribution in [2.24, 2.45) is 0 Å². The second kappa shape index (κ2) is 4.59. The number of nitrogens with zero attached hydrogens (tertiary/aromatic N) is 3. The molecule has 0 aromatic carbocycles. The number of carbonyl (C=O) groups is 1. The van der Waals surface area contributed by atoms with Crippen LogP contribution in [0.3, 0.4) is 0 Å². The zero-order chi connectivity index (χ0) is 14.3. The van der Waals surface area contributed by atoms with Gasteiger partial charge in [0.2, 0.25) is 11.8 Å². The van der Waals surface area contributed by atoms with Gasteiger partial charge in [-0.15, -0.1) is 0 Å². The van der Waals surface area contributed by atoms with Crippen molar-refractivity contribution in [3.8, 4) is 17.1 Å². The molecule has 0 spiro atoms. The number of fused-ring (bicyclic) bond motifs is 1. The lowest BCUT2D eigenvalue weighted by Gasteiger charge is -2.14. The summed E-state index contributed by atoms with van der Waals surface area (Å²) >= 11 is 0. The molecule has 0 saturated heterocycles. The van der Waals surface area contributed by atoms with E-state index in [9.17, 15) is 14.3 Å². The van der Waals surface area contributed by atoms with Gasteiger partial charge in [0.15, 0.2) is 0 Å². The van der Waals surface area contributed by atoms with Gasteiger partial charge in [0.1, 0.15) is 11.3 Å². The van der Waals surface area contributed by atoms with Crippen molar-refractivity contribution in [3.05, 3.63) is 29.3 Å². The van der Waals surface area contributed by atoms with Crippen molar-refractivity contribution in [3.63, 3.8) is 0 Å². The molecule has 20 heavy (non-hydrogen) atoms. The van der Waals surface area contributed by atoms with Crippen molar-refractivity contribution in [2.75, 3.05) is 6.61 Å². The Morgan fingerprint density at radius 2 is 2.35 bits per heavy atom. The van der Waals surface area contributed by atoms with Gasteiger partial charge in [-0.3, -0.25) is 0 Å². The minimum atomic E-state index is -1.19. The van der Waals surface area contributed by atoms with Crippen LogP contribution in [0.15, 0.2) is 12.3 Å². The first kappa shape index (κ1) is 12.6. The topological polar surface area (TPSA) is 77.2 Å².